The summed E-state index contributed by atoms with van der Waals surface area (Å²) >= 11 is 1.51. The van der Waals surface area contributed by atoms with E-state index in [-0.39, 0.29) is 5.91 Å². The molecule has 118 valence electrons. The second-order valence-electron chi connectivity index (χ2n) is 5.78. The van der Waals surface area contributed by atoms with Crippen molar-refractivity contribution >= 4 is 34.0 Å². The molecule has 3 heterocycles. The maximum atomic E-state index is 12.4. The molecule has 0 atom stereocenters. The number of anilines is 1. The van der Waals surface area contributed by atoms with E-state index >= 15 is 0 Å². The van der Waals surface area contributed by atoms with Gasteiger partial charge in [0.15, 0.2) is 0 Å². The van der Waals surface area contributed by atoms with Crippen molar-refractivity contribution in [3.8, 4) is 0 Å². The maximum absolute atomic E-state index is 12.4. The highest BCUT2D eigenvalue weighted by Crippen LogP contribution is 2.22. The molecule has 23 heavy (non-hydrogen) atoms. The zero-order chi connectivity index (χ0) is 15.8. The van der Waals surface area contributed by atoms with Crippen molar-refractivity contribution in [3.63, 3.8) is 0 Å². The Bertz CT molecular complexity index is 832. The molecule has 0 spiro atoms. The molecule has 1 aromatic carbocycles. The minimum absolute atomic E-state index is 0.152. The van der Waals surface area contributed by atoms with Crippen molar-refractivity contribution in [1.82, 2.24) is 14.9 Å². The molecule has 1 N–H and O–H groups in total. The number of hydrogen-bond acceptors (Lipinski definition) is 4. The number of carbonyl (C=O) groups is 1. The van der Waals surface area contributed by atoms with Gasteiger partial charge in [0.2, 0.25) is 0 Å². The van der Waals surface area contributed by atoms with Crippen LogP contribution in [0.2, 0.25) is 0 Å². The summed E-state index contributed by atoms with van der Waals surface area (Å²) in [4.78, 5) is 25.2. The van der Waals surface area contributed by atoms with E-state index in [0.717, 1.165) is 47.9 Å². The summed E-state index contributed by atoms with van der Waals surface area (Å²) in [5.41, 5.74) is 3.25. The van der Waals surface area contributed by atoms with Gasteiger partial charge in [-0.2, -0.15) is 0 Å². The molecular formula is C17H18N4OS. The highest BCUT2D eigenvalue weighted by molar-refractivity contribution is 7.12. The topological polar surface area (TPSA) is 52.2 Å². The first-order chi connectivity index (χ1) is 11.2. The Hall–Kier alpha value is -2.34. The average molecular weight is 326 g/mol. The first kappa shape index (κ1) is 14.3. The lowest BCUT2D eigenvalue weighted by Crippen LogP contribution is -2.48. The molecule has 4 rings (SSSR count). The number of nitrogens with one attached hydrogen (secondary N) is 1. The molecule has 2 aromatic heterocycles. The summed E-state index contributed by atoms with van der Waals surface area (Å²) in [5, 5.41) is 1.95. The number of imidazole rings is 1. The van der Waals surface area contributed by atoms with Crippen LogP contribution >= 0.6 is 11.3 Å². The average Bonchev–Trinajstić information content (AvgIpc) is 3.22. The Labute approximate surface area is 138 Å². The van der Waals surface area contributed by atoms with Gasteiger partial charge in [-0.15, -0.1) is 11.3 Å². The normalized spacial score (nSPS) is 15.3. The van der Waals surface area contributed by atoms with Crippen LogP contribution in [0.5, 0.6) is 0 Å². The third-order valence-electron chi connectivity index (χ3n) is 4.25. The van der Waals surface area contributed by atoms with Crippen molar-refractivity contribution in [2.24, 2.45) is 0 Å². The van der Waals surface area contributed by atoms with Gasteiger partial charge in [0, 0.05) is 31.9 Å². The van der Waals surface area contributed by atoms with Crippen LogP contribution in [0.1, 0.15) is 15.5 Å². The molecule has 0 bridgehead atoms. The third-order valence-corrected chi connectivity index (χ3v) is 5.11. The number of nitrogens with zero attached hydrogens (tertiary/aromatic N) is 3. The number of hydrogen-bond donors (Lipinski definition) is 1. The van der Waals surface area contributed by atoms with Crippen LogP contribution in [0.15, 0.2) is 35.7 Å². The van der Waals surface area contributed by atoms with Crippen molar-refractivity contribution < 1.29 is 4.79 Å². The number of thiophene rings is 1. The van der Waals surface area contributed by atoms with Crippen LogP contribution in [0.25, 0.3) is 11.0 Å². The number of aromatic amines is 1. The Morgan fingerprint density at radius 2 is 2.04 bits per heavy atom. The Kier molecular flexibility index (Phi) is 3.53. The highest BCUT2D eigenvalue weighted by atomic mass is 32.1. The Balaban J connectivity index is 1.47. The van der Waals surface area contributed by atoms with Gasteiger partial charge < -0.3 is 14.8 Å². The van der Waals surface area contributed by atoms with Gasteiger partial charge in [-0.3, -0.25) is 4.79 Å². The van der Waals surface area contributed by atoms with E-state index in [1.807, 2.05) is 29.3 Å². The number of aryl methyl sites for hydroxylation is 1. The zero-order valence-corrected chi connectivity index (χ0v) is 13.8. The number of aromatic nitrogens is 2. The van der Waals surface area contributed by atoms with Gasteiger partial charge >= 0.3 is 0 Å². The van der Waals surface area contributed by atoms with E-state index in [0.29, 0.717) is 0 Å². The lowest BCUT2D eigenvalue weighted by molar-refractivity contribution is 0.0751. The molecule has 1 saturated heterocycles. The number of piperazine rings is 1. The van der Waals surface area contributed by atoms with E-state index < -0.39 is 0 Å². The summed E-state index contributed by atoms with van der Waals surface area (Å²) in [7, 11) is 0. The molecule has 1 aliphatic rings. The fraction of sp³-hybridized carbons (Fsp3) is 0.294. The van der Waals surface area contributed by atoms with Gasteiger partial charge in [-0.25, -0.2) is 4.98 Å². The number of fused-ring (bicyclic) bond motifs is 1. The molecule has 0 saturated carbocycles. The Morgan fingerprint density at radius 1 is 1.22 bits per heavy atom. The first-order valence-corrected chi connectivity index (χ1v) is 8.63. The predicted octanol–water partition coefficient (Wildman–Crippen LogP) is 2.90. The number of carbonyl (C=O) groups excluding carboxylic acids is 1. The van der Waals surface area contributed by atoms with E-state index in [9.17, 15) is 4.79 Å². The number of H-pyrrole nitrogens is 1. The maximum Gasteiger partial charge on any atom is 0.264 e. The zero-order valence-electron chi connectivity index (χ0n) is 13.0. The molecule has 0 aliphatic carbocycles. The molecule has 6 heteroatoms. The van der Waals surface area contributed by atoms with Crippen molar-refractivity contribution in [3.05, 3.63) is 46.4 Å². The van der Waals surface area contributed by atoms with E-state index in [1.165, 1.54) is 17.0 Å². The largest absolute Gasteiger partial charge is 0.368 e. The fourth-order valence-electron chi connectivity index (χ4n) is 3.05. The number of benzene rings is 1. The van der Waals surface area contributed by atoms with Crippen LogP contribution in [0, 0.1) is 6.92 Å². The van der Waals surface area contributed by atoms with E-state index in [2.05, 4.69) is 33.1 Å². The fourth-order valence-corrected chi connectivity index (χ4v) is 3.74. The molecule has 1 amide bonds. The van der Waals surface area contributed by atoms with E-state index in [1.54, 1.807) is 0 Å². The highest BCUT2D eigenvalue weighted by Gasteiger charge is 2.23. The summed E-state index contributed by atoms with van der Waals surface area (Å²) in [5.74, 6) is 1.09. The SMILES string of the molecule is Cc1nc2ccc(N3CCN(C(=O)c4cccs4)CC3)cc2[nH]1. The van der Waals surface area contributed by atoms with Gasteiger partial charge in [0.05, 0.1) is 15.9 Å². The van der Waals surface area contributed by atoms with Crippen LogP contribution in [-0.4, -0.2) is 47.0 Å². The van der Waals surface area contributed by atoms with Gasteiger partial charge in [-0.1, -0.05) is 6.07 Å². The summed E-state index contributed by atoms with van der Waals surface area (Å²) in [6.45, 7) is 5.20. The molecule has 1 fully saturated rings. The Morgan fingerprint density at radius 3 is 2.78 bits per heavy atom. The third kappa shape index (κ3) is 2.70. The van der Waals surface area contributed by atoms with E-state index in [4.69, 9.17) is 0 Å². The minimum Gasteiger partial charge on any atom is -0.368 e. The smallest absolute Gasteiger partial charge is 0.264 e. The lowest BCUT2D eigenvalue weighted by Gasteiger charge is -2.36. The van der Waals surface area contributed by atoms with Crippen molar-refractivity contribution in [1.29, 1.82) is 0 Å². The second kappa shape index (κ2) is 5.70. The standard InChI is InChI=1S/C17H18N4OS/c1-12-18-14-5-4-13(11-15(14)19-12)20-6-8-21(9-7-20)17(22)16-3-2-10-23-16/h2-5,10-11H,6-9H2,1H3,(H,18,19). The van der Waals surface area contributed by atoms with Crippen LogP contribution in [-0.2, 0) is 0 Å². The van der Waals surface area contributed by atoms with Gasteiger partial charge in [-0.05, 0) is 36.6 Å². The quantitative estimate of drug-likeness (QED) is 0.788. The lowest BCUT2D eigenvalue weighted by atomic mass is 10.2. The van der Waals surface area contributed by atoms with Crippen molar-refractivity contribution in [2.45, 2.75) is 6.92 Å². The molecule has 0 unspecified atom stereocenters. The monoisotopic (exact) mass is 326 g/mol. The van der Waals surface area contributed by atoms with Crippen molar-refractivity contribution in [2.75, 3.05) is 31.1 Å². The molecule has 1 aliphatic heterocycles. The minimum atomic E-state index is 0.152. The summed E-state index contributed by atoms with van der Waals surface area (Å²) in [6, 6.07) is 10.1. The van der Waals surface area contributed by atoms with Crippen LogP contribution < -0.4 is 4.90 Å². The summed E-state index contributed by atoms with van der Waals surface area (Å²) < 4.78 is 0. The van der Waals surface area contributed by atoms with Crippen LogP contribution in [0.3, 0.4) is 0 Å². The van der Waals surface area contributed by atoms with Crippen LogP contribution in [0.4, 0.5) is 5.69 Å². The summed E-state index contributed by atoms with van der Waals surface area (Å²) in [6.07, 6.45) is 0. The number of rotatable bonds is 2. The van der Waals surface area contributed by atoms with Gasteiger partial charge in [0.25, 0.3) is 5.91 Å². The van der Waals surface area contributed by atoms with Gasteiger partial charge in [0.1, 0.15) is 5.82 Å². The molecular weight excluding hydrogens is 308 g/mol. The second-order valence-corrected chi connectivity index (χ2v) is 6.73. The molecule has 3 aromatic rings. The number of amides is 1. The molecule has 5 nitrogen and oxygen atoms in total. The predicted molar refractivity (Wildman–Crippen MR) is 93.3 cm³/mol. The molecule has 0 radical (unpaired) electrons. The first-order valence-electron chi connectivity index (χ1n) is 7.75.